The molecule has 162 valence electrons. The maximum Gasteiger partial charge on any atom is 0.269 e. The Labute approximate surface area is 186 Å². The van der Waals surface area contributed by atoms with E-state index in [0.717, 1.165) is 42.8 Å². The fourth-order valence-electron chi connectivity index (χ4n) is 3.96. The Hall–Kier alpha value is -2.90. The summed E-state index contributed by atoms with van der Waals surface area (Å²) >= 11 is 6.21. The monoisotopic (exact) mass is 439 g/mol. The Balaban J connectivity index is 1.36. The third-order valence-corrected chi connectivity index (χ3v) is 5.95. The van der Waals surface area contributed by atoms with Gasteiger partial charge in [0.25, 0.3) is 5.91 Å². The van der Waals surface area contributed by atoms with Crippen LogP contribution in [0.15, 0.2) is 48.7 Å². The summed E-state index contributed by atoms with van der Waals surface area (Å²) in [6.45, 7) is 1.52. The van der Waals surface area contributed by atoms with Gasteiger partial charge in [-0.1, -0.05) is 35.9 Å². The number of aromatic nitrogens is 3. The van der Waals surface area contributed by atoms with Crippen LogP contribution in [-0.2, 0) is 6.54 Å². The smallest absolute Gasteiger partial charge is 0.269 e. The number of H-pyrrole nitrogens is 1. The molecule has 0 aliphatic carbocycles. The second kappa shape index (κ2) is 9.94. The fourth-order valence-corrected chi connectivity index (χ4v) is 4.20. The van der Waals surface area contributed by atoms with Crippen LogP contribution in [0.4, 0.5) is 5.82 Å². The first-order chi connectivity index (χ1) is 15.2. The molecule has 0 bridgehead atoms. The fraction of sp³-hybridized carbons (Fsp3) is 0.348. The molecule has 31 heavy (non-hydrogen) atoms. The van der Waals surface area contributed by atoms with Crippen LogP contribution in [0.3, 0.4) is 0 Å². The van der Waals surface area contributed by atoms with E-state index >= 15 is 0 Å². The minimum atomic E-state index is -0.242. The lowest BCUT2D eigenvalue weighted by molar-refractivity contribution is 0.0946. The molecule has 1 saturated heterocycles. The summed E-state index contributed by atoms with van der Waals surface area (Å²) in [5.41, 5.74) is 2.69. The number of pyridine rings is 1. The number of nitrogens with one attached hydrogen (secondary N) is 2. The summed E-state index contributed by atoms with van der Waals surface area (Å²) in [7, 11) is 0. The van der Waals surface area contributed by atoms with Gasteiger partial charge in [0.1, 0.15) is 11.5 Å². The van der Waals surface area contributed by atoms with Crippen molar-refractivity contribution in [2.24, 2.45) is 0 Å². The van der Waals surface area contributed by atoms with Crippen LogP contribution in [0.1, 0.15) is 41.7 Å². The topological polar surface area (TPSA) is 94.1 Å². The standard InChI is InChI=1S/C23H26ClN5O2/c24-19-7-2-1-6-18(19)20-13-21(28-27-20)23(31)26-15-16-8-9-22(25-14-16)29-11-4-3-5-17(29)10-12-30/h1-2,6-9,13-14,17,30H,3-5,10-12,15H2,(H,26,31)(H,27,28)/t17-/m1/s1. The van der Waals surface area contributed by atoms with E-state index in [0.29, 0.717) is 29.0 Å². The van der Waals surface area contributed by atoms with Gasteiger partial charge in [-0.25, -0.2) is 4.98 Å². The zero-order valence-electron chi connectivity index (χ0n) is 17.2. The van der Waals surface area contributed by atoms with Gasteiger partial charge in [0.15, 0.2) is 0 Å². The van der Waals surface area contributed by atoms with Crippen molar-refractivity contribution in [2.45, 2.75) is 38.3 Å². The molecule has 1 fully saturated rings. The molecule has 3 N–H and O–H groups in total. The second-order valence-electron chi connectivity index (χ2n) is 7.71. The third kappa shape index (κ3) is 5.06. The van der Waals surface area contributed by atoms with Crippen molar-refractivity contribution >= 4 is 23.3 Å². The van der Waals surface area contributed by atoms with E-state index in [-0.39, 0.29) is 12.5 Å². The first-order valence-electron chi connectivity index (χ1n) is 10.6. The average molecular weight is 440 g/mol. The summed E-state index contributed by atoms with van der Waals surface area (Å²) in [5, 5.41) is 19.8. The van der Waals surface area contributed by atoms with Gasteiger partial charge in [0, 0.05) is 37.5 Å². The number of aliphatic hydroxyl groups is 1. The van der Waals surface area contributed by atoms with E-state index in [9.17, 15) is 9.90 Å². The van der Waals surface area contributed by atoms with Gasteiger partial charge in [0.05, 0.1) is 10.7 Å². The zero-order chi connectivity index (χ0) is 21.6. The van der Waals surface area contributed by atoms with Crippen molar-refractivity contribution in [1.82, 2.24) is 20.5 Å². The number of nitrogens with zero attached hydrogens (tertiary/aromatic N) is 3. The Morgan fingerprint density at radius 2 is 2.13 bits per heavy atom. The highest BCUT2D eigenvalue weighted by atomic mass is 35.5. The number of carbonyl (C=O) groups excluding carboxylic acids is 1. The van der Waals surface area contributed by atoms with Gasteiger partial charge in [0.2, 0.25) is 0 Å². The number of rotatable bonds is 7. The highest BCUT2D eigenvalue weighted by Gasteiger charge is 2.23. The number of aliphatic hydroxyl groups excluding tert-OH is 1. The molecule has 1 atom stereocenters. The molecular formula is C23H26ClN5O2. The third-order valence-electron chi connectivity index (χ3n) is 5.62. The van der Waals surface area contributed by atoms with Crippen LogP contribution in [0.25, 0.3) is 11.3 Å². The molecule has 3 heterocycles. The number of carbonyl (C=O) groups is 1. The van der Waals surface area contributed by atoms with Gasteiger partial charge in [-0.3, -0.25) is 9.89 Å². The molecule has 7 nitrogen and oxygen atoms in total. The number of piperidine rings is 1. The normalized spacial score (nSPS) is 16.3. The molecule has 2 aromatic heterocycles. The minimum Gasteiger partial charge on any atom is -0.396 e. The van der Waals surface area contributed by atoms with Crippen molar-refractivity contribution in [3.63, 3.8) is 0 Å². The summed E-state index contributed by atoms with van der Waals surface area (Å²) < 4.78 is 0. The van der Waals surface area contributed by atoms with Crippen LogP contribution in [0.5, 0.6) is 0 Å². The van der Waals surface area contributed by atoms with E-state index in [4.69, 9.17) is 11.6 Å². The summed E-state index contributed by atoms with van der Waals surface area (Å²) in [5.74, 6) is 0.681. The second-order valence-corrected chi connectivity index (χ2v) is 8.12. The zero-order valence-corrected chi connectivity index (χ0v) is 18.0. The predicted octanol–water partition coefficient (Wildman–Crippen LogP) is 3.80. The number of halogens is 1. The summed E-state index contributed by atoms with van der Waals surface area (Å²) in [4.78, 5) is 19.4. The predicted molar refractivity (Wildman–Crippen MR) is 121 cm³/mol. The molecule has 8 heteroatoms. The van der Waals surface area contributed by atoms with Crippen molar-refractivity contribution in [1.29, 1.82) is 0 Å². The number of anilines is 1. The SMILES string of the molecule is O=C(NCc1ccc(N2CCCC[C@@H]2CCO)nc1)c1cc(-c2ccccc2Cl)n[nH]1. The van der Waals surface area contributed by atoms with Crippen LogP contribution < -0.4 is 10.2 Å². The Kier molecular flexibility index (Phi) is 6.84. The molecule has 0 unspecified atom stereocenters. The molecule has 4 rings (SSSR count). The van der Waals surface area contributed by atoms with Crippen molar-refractivity contribution in [3.05, 3.63) is 64.9 Å². The molecule has 3 aromatic rings. The van der Waals surface area contributed by atoms with Gasteiger partial charge in [-0.2, -0.15) is 5.10 Å². The van der Waals surface area contributed by atoms with E-state index in [1.807, 2.05) is 30.3 Å². The largest absolute Gasteiger partial charge is 0.396 e. The maximum absolute atomic E-state index is 12.5. The quantitative estimate of drug-likeness (QED) is 0.520. The van der Waals surface area contributed by atoms with Crippen LogP contribution in [0, 0.1) is 0 Å². The highest BCUT2D eigenvalue weighted by molar-refractivity contribution is 6.33. The van der Waals surface area contributed by atoms with E-state index in [1.165, 1.54) is 6.42 Å². The van der Waals surface area contributed by atoms with Gasteiger partial charge in [-0.05, 0) is 49.4 Å². The van der Waals surface area contributed by atoms with Crippen molar-refractivity contribution in [3.8, 4) is 11.3 Å². The van der Waals surface area contributed by atoms with Gasteiger partial charge >= 0.3 is 0 Å². The Bertz CT molecular complexity index is 1020. The number of aromatic amines is 1. The molecule has 0 spiro atoms. The van der Waals surface area contributed by atoms with Crippen LogP contribution in [0.2, 0.25) is 5.02 Å². The minimum absolute atomic E-state index is 0.192. The van der Waals surface area contributed by atoms with Crippen molar-refractivity contribution < 1.29 is 9.90 Å². The number of amides is 1. The molecule has 1 aliphatic rings. The lowest BCUT2D eigenvalue weighted by atomic mass is 9.99. The van der Waals surface area contributed by atoms with Crippen LogP contribution in [-0.4, -0.2) is 45.4 Å². The summed E-state index contributed by atoms with van der Waals surface area (Å²) in [6.07, 6.45) is 5.97. The first kappa shape index (κ1) is 21.3. The van der Waals surface area contributed by atoms with E-state index in [1.54, 1.807) is 18.3 Å². The maximum atomic E-state index is 12.5. The van der Waals surface area contributed by atoms with Crippen molar-refractivity contribution in [2.75, 3.05) is 18.1 Å². The number of hydrogen-bond acceptors (Lipinski definition) is 5. The van der Waals surface area contributed by atoms with Crippen LogP contribution >= 0.6 is 11.6 Å². The Morgan fingerprint density at radius 3 is 2.90 bits per heavy atom. The highest BCUT2D eigenvalue weighted by Crippen LogP contribution is 2.27. The van der Waals surface area contributed by atoms with Gasteiger partial charge in [-0.15, -0.1) is 0 Å². The molecule has 0 radical (unpaired) electrons. The molecular weight excluding hydrogens is 414 g/mol. The molecule has 0 saturated carbocycles. The molecule has 1 amide bonds. The number of benzene rings is 1. The van der Waals surface area contributed by atoms with E-state index < -0.39 is 0 Å². The lowest BCUT2D eigenvalue weighted by Crippen LogP contribution is -2.40. The lowest BCUT2D eigenvalue weighted by Gasteiger charge is -2.36. The first-order valence-corrected chi connectivity index (χ1v) is 10.9. The molecule has 1 aromatic carbocycles. The Morgan fingerprint density at radius 1 is 1.26 bits per heavy atom. The average Bonchev–Trinajstić information content (AvgIpc) is 3.29. The van der Waals surface area contributed by atoms with E-state index in [2.05, 4.69) is 25.4 Å². The van der Waals surface area contributed by atoms with Gasteiger partial charge < -0.3 is 15.3 Å². The molecule has 1 aliphatic heterocycles. The summed E-state index contributed by atoms with van der Waals surface area (Å²) in [6, 6.07) is 13.4. The number of hydrogen-bond donors (Lipinski definition) is 3.